The summed E-state index contributed by atoms with van der Waals surface area (Å²) in [4.78, 5) is 10.9. The smallest absolute Gasteiger partial charge is 0.391 e. The first-order valence-electron chi connectivity index (χ1n) is 5.29. The van der Waals surface area contributed by atoms with Crippen LogP contribution < -0.4 is 5.73 Å². The number of aromatic nitrogens is 3. The molecule has 3 N–H and O–H groups in total. The molecule has 0 radical (unpaired) electrons. The van der Waals surface area contributed by atoms with E-state index in [2.05, 4.69) is 10.3 Å². The fourth-order valence-electron chi connectivity index (χ4n) is 1.69. The topological polar surface area (TPSA) is 94.0 Å². The van der Waals surface area contributed by atoms with Crippen LogP contribution in [0.25, 0.3) is 0 Å². The molecule has 1 heterocycles. The van der Waals surface area contributed by atoms with Gasteiger partial charge in [-0.1, -0.05) is 5.21 Å². The lowest BCUT2D eigenvalue weighted by Crippen LogP contribution is -2.26. The number of nitrogens with two attached hydrogens (primary N) is 1. The quantitative estimate of drug-likeness (QED) is 0.810. The van der Waals surface area contributed by atoms with Crippen molar-refractivity contribution in [1.82, 2.24) is 15.0 Å². The summed E-state index contributed by atoms with van der Waals surface area (Å²) in [6.07, 6.45) is -4.16. The molecule has 0 spiro atoms. The van der Waals surface area contributed by atoms with Crippen molar-refractivity contribution in [2.45, 2.75) is 31.7 Å². The average Bonchev–Trinajstić information content (AvgIpc) is 2.98. The van der Waals surface area contributed by atoms with Crippen LogP contribution in [0.3, 0.4) is 0 Å². The molecular weight excluding hydrogens is 253 g/mol. The molecule has 18 heavy (non-hydrogen) atoms. The maximum absolute atomic E-state index is 12.8. The number of hydrogen-bond acceptors (Lipinski definition) is 4. The number of nitrogens with zero attached hydrogens (tertiary/aromatic N) is 3. The van der Waals surface area contributed by atoms with E-state index in [1.807, 2.05) is 0 Å². The van der Waals surface area contributed by atoms with Crippen LogP contribution in [0.1, 0.15) is 29.0 Å². The molecule has 1 atom stereocenters. The number of carbonyl (C=O) groups excluding carboxylic acids is 1. The van der Waals surface area contributed by atoms with Gasteiger partial charge in [-0.15, -0.1) is 5.10 Å². The Morgan fingerprint density at radius 2 is 2.17 bits per heavy atom. The third-order valence-electron chi connectivity index (χ3n) is 2.76. The predicted molar refractivity (Wildman–Crippen MR) is 52.3 cm³/mol. The maximum atomic E-state index is 12.8. The highest BCUT2D eigenvalue weighted by molar-refractivity contribution is 5.91. The van der Waals surface area contributed by atoms with Crippen molar-refractivity contribution in [2.24, 2.45) is 11.7 Å². The zero-order valence-electron chi connectivity index (χ0n) is 9.18. The first-order valence-corrected chi connectivity index (χ1v) is 5.29. The van der Waals surface area contributed by atoms with Gasteiger partial charge in [-0.2, -0.15) is 13.2 Å². The molecular formula is C9H11F3N4O2. The SMILES string of the molecule is NC(=O)c1nnn(CC(O)C2CC2)c1C(F)(F)F. The highest BCUT2D eigenvalue weighted by Crippen LogP contribution is 2.35. The fourth-order valence-corrected chi connectivity index (χ4v) is 1.69. The van der Waals surface area contributed by atoms with E-state index in [1.165, 1.54) is 0 Å². The predicted octanol–water partition coefficient (Wildman–Crippen LogP) is 0.167. The Balaban J connectivity index is 2.31. The third-order valence-corrected chi connectivity index (χ3v) is 2.76. The second-order valence-electron chi connectivity index (χ2n) is 4.24. The van der Waals surface area contributed by atoms with Crippen molar-refractivity contribution < 1.29 is 23.1 Å². The molecule has 1 aliphatic carbocycles. The van der Waals surface area contributed by atoms with E-state index in [4.69, 9.17) is 5.73 Å². The zero-order valence-corrected chi connectivity index (χ0v) is 9.18. The molecule has 0 aliphatic heterocycles. The summed E-state index contributed by atoms with van der Waals surface area (Å²) in [6, 6.07) is 0. The molecule has 0 aromatic carbocycles. The number of hydrogen-bond donors (Lipinski definition) is 2. The van der Waals surface area contributed by atoms with Crippen molar-refractivity contribution >= 4 is 5.91 Å². The molecule has 1 aliphatic rings. The highest BCUT2D eigenvalue weighted by Gasteiger charge is 2.42. The van der Waals surface area contributed by atoms with Gasteiger partial charge in [-0.05, 0) is 18.8 Å². The number of aliphatic hydroxyl groups is 1. The van der Waals surface area contributed by atoms with Crippen molar-refractivity contribution in [2.75, 3.05) is 0 Å². The van der Waals surface area contributed by atoms with Crippen molar-refractivity contribution in [3.8, 4) is 0 Å². The first-order chi connectivity index (χ1) is 8.30. The van der Waals surface area contributed by atoms with E-state index in [1.54, 1.807) is 0 Å². The molecule has 0 saturated heterocycles. The number of halogens is 3. The second-order valence-corrected chi connectivity index (χ2v) is 4.24. The summed E-state index contributed by atoms with van der Waals surface area (Å²) >= 11 is 0. The van der Waals surface area contributed by atoms with Crippen LogP contribution in [-0.2, 0) is 12.7 Å². The van der Waals surface area contributed by atoms with Crippen LogP contribution in [0.5, 0.6) is 0 Å². The Bertz CT molecular complexity index is 467. The molecule has 1 amide bonds. The van der Waals surface area contributed by atoms with Gasteiger partial charge >= 0.3 is 6.18 Å². The van der Waals surface area contributed by atoms with Crippen molar-refractivity contribution in [3.63, 3.8) is 0 Å². The summed E-state index contributed by atoms with van der Waals surface area (Å²) in [5.74, 6) is -1.30. The molecule has 100 valence electrons. The Hall–Kier alpha value is -1.64. The van der Waals surface area contributed by atoms with Crippen molar-refractivity contribution in [1.29, 1.82) is 0 Å². The van der Waals surface area contributed by atoms with Gasteiger partial charge in [0.25, 0.3) is 5.91 Å². The summed E-state index contributed by atoms with van der Waals surface area (Å²) in [7, 11) is 0. The summed E-state index contributed by atoms with van der Waals surface area (Å²) < 4.78 is 38.8. The zero-order chi connectivity index (χ0) is 13.5. The summed E-state index contributed by atoms with van der Waals surface area (Å²) in [5, 5.41) is 16.0. The van der Waals surface area contributed by atoms with Crippen LogP contribution in [0.15, 0.2) is 0 Å². The summed E-state index contributed by atoms with van der Waals surface area (Å²) in [6.45, 7) is -0.347. The van der Waals surface area contributed by atoms with Gasteiger partial charge in [0.1, 0.15) is 0 Å². The Morgan fingerprint density at radius 1 is 1.56 bits per heavy atom. The normalized spacial score (nSPS) is 17.8. The minimum atomic E-state index is -4.79. The Labute approximate surface area is 99.6 Å². The Kier molecular flexibility index (Phi) is 3.01. The molecule has 1 aromatic heterocycles. The van der Waals surface area contributed by atoms with E-state index in [-0.39, 0.29) is 12.5 Å². The standard InChI is InChI=1S/C9H11F3N4O2/c10-9(11,12)7-6(8(13)18)14-15-16(7)3-5(17)4-1-2-4/h4-5,17H,1-3H2,(H2,13,18). The molecule has 1 fully saturated rings. The second kappa shape index (κ2) is 4.23. The molecule has 1 saturated carbocycles. The molecule has 2 rings (SSSR count). The van der Waals surface area contributed by atoms with Gasteiger partial charge in [0, 0.05) is 0 Å². The Morgan fingerprint density at radius 3 is 2.61 bits per heavy atom. The minimum Gasteiger partial charge on any atom is -0.391 e. The minimum absolute atomic E-state index is 0.00712. The van der Waals surface area contributed by atoms with Crippen LogP contribution >= 0.6 is 0 Å². The maximum Gasteiger partial charge on any atom is 0.435 e. The number of carbonyl (C=O) groups is 1. The lowest BCUT2D eigenvalue weighted by atomic mass is 10.2. The molecule has 1 unspecified atom stereocenters. The van der Waals surface area contributed by atoms with Crippen LogP contribution in [0, 0.1) is 5.92 Å². The lowest BCUT2D eigenvalue weighted by Gasteiger charge is -2.13. The van der Waals surface area contributed by atoms with Gasteiger partial charge in [-0.3, -0.25) is 4.79 Å². The van der Waals surface area contributed by atoms with E-state index >= 15 is 0 Å². The van der Waals surface area contributed by atoms with Gasteiger partial charge < -0.3 is 10.8 Å². The first kappa shape index (κ1) is 12.8. The number of rotatable bonds is 4. The van der Waals surface area contributed by atoms with Crippen LogP contribution in [0.4, 0.5) is 13.2 Å². The van der Waals surface area contributed by atoms with Gasteiger partial charge in [0.2, 0.25) is 0 Å². The molecule has 1 aromatic rings. The summed E-state index contributed by atoms with van der Waals surface area (Å²) in [5.41, 5.74) is 2.57. The lowest BCUT2D eigenvalue weighted by molar-refractivity contribution is -0.145. The van der Waals surface area contributed by atoms with Gasteiger partial charge in [0.15, 0.2) is 11.4 Å². The van der Waals surface area contributed by atoms with E-state index < -0.39 is 29.6 Å². The van der Waals surface area contributed by atoms with Crippen LogP contribution in [-0.4, -0.2) is 32.1 Å². The largest absolute Gasteiger partial charge is 0.435 e. The fraction of sp³-hybridized carbons (Fsp3) is 0.667. The van der Waals surface area contributed by atoms with Gasteiger partial charge in [-0.25, -0.2) is 4.68 Å². The van der Waals surface area contributed by atoms with Crippen LogP contribution in [0.2, 0.25) is 0 Å². The third kappa shape index (κ3) is 2.45. The van der Waals surface area contributed by atoms with Crippen molar-refractivity contribution in [3.05, 3.63) is 11.4 Å². The highest BCUT2D eigenvalue weighted by atomic mass is 19.4. The van der Waals surface area contributed by atoms with E-state index in [0.29, 0.717) is 4.68 Å². The number of primary amides is 1. The molecule has 6 nitrogen and oxygen atoms in total. The molecule has 0 bridgehead atoms. The number of alkyl halides is 3. The number of aliphatic hydroxyl groups excluding tert-OH is 1. The van der Waals surface area contributed by atoms with E-state index in [9.17, 15) is 23.1 Å². The van der Waals surface area contributed by atoms with E-state index in [0.717, 1.165) is 12.8 Å². The number of amides is 1. The molecule has 9 heteroatoms. The average molecular weight is 264 g/mol. The monoisotopic (exact) mass is 264 g/mol. The van der Waals surface area contributed by atoms with Gasteiger partial charge in [0.05, 0.1) is 12.6 Å².